The number of nitrogens with two attached hydrogens (primary N) is 1. The summed E-state index contributed by atoms with van der Waals surface area (Å²) >= 11 is 0. The van der Waals surface area contributed by atoms with Crippen molar-refractivity contribution < 1.29 is 9.47 Å². The van der Waals surface area contributed by atoms with Gasteiger partial charge in [0.2, 0.25) is 0 Å². The number of hydrogen-bond donors (Lipinski definition) is 2. The molecule has 3 heterocycles. The molecule has 1 aliphatic heterocycles. The molecule has 1 saturated heterocycles. The summed E-state index contributed by atoms with van der Waals surface area (Å²) in [6.45, 7) is 9.17. The number of imidazole rings is 1. The normalized spacial score (nSPS) is 14.7. The van der Waals surface area contributed by atoms with Gasteiger partial charge < -0.3 is 25.4 Å². The number of nitrogens with zero attached hydrogens (tertiary/aromatic N) is 5. The van der Waals surface area contributed by atoms with Gasteiger partial charge in [-0.25, -0.2) is 0 Å². The minimum atomic E-state index is 0.302. The minimum Gasteiger partial charge on any atom is -0.468 e. The van der Waals surface area contributed by atoms with Gasteiger partial charge in [-0.3, -0.25) is 4.57 Å². The van der Waals surface area contributed by atoms with E-state index in [1.807, 2.05) is 4.57 Å². The third-order valence-corrected chi connectivity index (χ3v) is 5.27. The van der Waals surface area contributed by atoms with Crippen molar-refractivity contribution >= 4 is 17.0 Å². The van der Waals surface area contributed by atoms with E-state index in [1.54, 1.807) is 7.11 Å². The molecular formula is C20H35N7O2. The molecule has 9 nitrogen and oxygen atoms in total. The molecule has 1 aliphatic rings. The first-order valence-corrected chi connectivity index (χ1v) is 10.9. The Morgan fingerprint density at radius 2 is 1.86 bits per heavy atom. The fraction of sp³-hybridized carbons (Fsp3) is 0.750. The number of nitrogen functional groups attached to an aromatic ring is 1. The molecule has 0 atom stereocenters. The highest BCUT2D eigenvalue weighted by molar-refractivity contribution is 5.83. The van der Waals surface area contributed by atoms with E-state index in [0.29, 0.717) is 35.6 Å². The first-order valence-electron chi connectivity index (χ1n) is 10.9. The lowest BCUT2D eigenvalue weighted by atomic mass is 10.3. The summed E-state index contributed by atoms with van der Waals surface area (Å²) in [5, 5.41) is 3.54. The number of hydrogen-bond acceptors (Lipinski definition) is 8. The van der Waals surface area contributed by atoms with Crippen LogP contribution in [-0.4, -0.2) is 70.9 Å². The summed E-state index contributed by atoms with van der Waals surface area (Å²) in [6, 6.07) is 0.810. The van der Waals surface area contributed by atoms with E-state index in [0.717, 1.165) is 51.9 Å². The van der Waals surface area contributed by atoms with Crippen molar-refractivity contribution in [3.63, 3.8) is 0 Å². The Hall–Kier alpha value is -2.13. The highest BCUT2D eigenvalue weighted by atomic mass is 16.5. The number of ether oxygens (including phenoxy) is 2. The SMILES string of the molecule is CCCCOc1nc(N)c2nc(OC)n(CCCCNCCN3CCCC3)c2n1. The molecule has 3 N–H and O–H groups in total. The predicted molar refractivity (Wildman–Crippen MR) is 114 cm³/mol. The zero-order chi connectivity index (χ0) is 20.5. The van der Waals surface area contributed by atoms with Gasteiger partial charge in [0, 0.05) is 19.6 Å². The fourth-order valence-electron chi connectivity index (χ4n) is 3.60. The lowest BCUT2D eigenvalue weighted by molar-refractivity contribution is 0.286. The molecule has 0 radical (unpaired) electrons. The monoisotopic (exact) mass is 405 g/mol. The number of aromatic nitrogens is 4. The van der Waals surface area contributed by atoms with Crippen LogP contribution in [0.5, 0.6) is 12.0 Å². The van der Waals surface area contributed by atoms with Crippen molar-refractivity contribution in [1.29, 1.82) is 0 Å². The van der Waals surface area contributed by atoms with Crippen LogP contribution in [0.1, 0.15) is 45.4 Å². The molecule has 0 amide bonds. The average Bonchev–Trinajstić information content (AvgIpc) is 3.35. The minimum absolute atomic E-state index is 0.302. The van der Waals surface area contributed by atoms with Crippen LogP contribution in [0.25, 0.3) is 11.2 Å². The summed E-state index contributed by atoms with van der Waals surface area (Å²) < 4.78 is 13.1. The molecule has 2 aromatic rings. The van der Waals surface area contributed by atoms with E-state index in [1.165, 1.54) is 25.9 Å². The molecular weight excluding hydrogens is 370 g/mol. The number of unbranched alkanes of at least 4 members (excludes halogenated alkanes) is 2. The van der Waals surface area contributed by atoms with Gasteiger partial charge in [0.15, 0.2) is 17.0 Å². The smallest absolute Gasteiger partial charge is 0.320 e. The lowest BCUT2D eigenvalue weighted by Crippen LogP contribution is -2.30. The molecule has 0 unspecified atom stereocenters. The number of rotatable bonds is 13. The van der Waals surface area contributed by atoms with Gasteiger partial charge in [-0.05, 0) is 51.7 Å². The van der Waals surface area contributed by atoms with E-state index in [-0.39, 0.29) is 0 Å². The van der Waals surface area contributed by atoms with Crippen molar-refractivity contribution in [3.8, 4) is 12.0 Å². The van der Waals surface area contributed by atoms with Crippen molar-refractivity contribution in [2.45, 2.75) is 52.0 Å². The number of anilines is 1. The molecule has 3 rings (SSSR count). The summed E-state index contributed by atoms with van der Waals surface area (Å²) in [5.74, 6) is 0.321. The lowest BCUT2D eigenvalue weighted by Gasteiger charge is -2.14. The van der Waals surface area contributed by atoms with E-state index >= 15 is 0 Å². The van der Waals surface area contributed by atoms with E-state index < -0.39 is 0 Å². The zero-order valence-corrected chi connectivity index (χ0v) is 17.8. The Balaban J connectivity index is 1.52. The number of likely N-dealkylation sites (tertiary alicyclic amines) is 1. The summed E-state index contributed by atoms with van der Waals surface area (Å²) in [6.07, 6.45) is 6.77. The maximum Gasteiger partial charge on any atom is 0.320 e. The summed E-state index contributed by atoms with van der Waals surface area (Å²) in [5.41, 5.74) is 7.32. The van der Waals surface area contributed by atoms with Gasteiger partial charge in [0.25, 0.3) is 6.01 Å². The van der Waals surface area contributed by atoms with E-state index in [4.69, 9.17) is 15.2 Å². The Labute approximate surface area is 173 Å². The van der Waals surface area contributed by atoms with Crippen LogP contribution in [0.2, 0.25) is 0 Å². The van der Waals surface area contributed by atoms with E-state index in [9.17, 15) is 0 Å². The second kappa shape index (κ2) is 11.2. The van der Waals surface area contributed by atoms with Crippen LogP contribution in [0.15, 0.2) is 0 Å². The second-order valence-electron chi connectivity index (χ2n) is 7.52. The second-order valence-corrected chi connectivity index (χ2v) is 7.52. The van der Waals surface area contributed by atoms with Gasteiger partial charge in [-0.1, -0.05) is 13.3 Å². The number of aryl methyl sites for hydroxylation is 1. The third kappa shape index (κ3) is 5.93. The molecule has 29 heavy (non-hydrogen) atoms. The van der Waals surface area contributed by atoms with Gasteiger partial charge in [-0.15, -0.1) is 0 Å². The van der Waals surface area contributed by atoms with Crippen molar-refractivity contribution in [1.82, 2.24) is 29.7 Å². The largest absolute Gasteiger partial charge is 0.468 e. The Kier molecular flexibility index (Phi) is 8.30. The van der Waals surface area contributed by atoms with Gasteiger partial charge >= 0.3 is 6.01 Å². The van der Waals surface area contributed by atoms with Crippen LogP contribution >= 0.6 is 0 Å². The molecule has 1 fully saturated rings. The quantitative estimate of drug-likeness (QED) is 0.488. The first-order chi connectivity index (χ1) is 14.2. The maximum absolute atomic E-state index is 6.08. The van der Waals surface area contributed by atoms with Crippen molar-refractivity contribution in [2.24, 2.45) is 0 Å². The third-order valence-electron chi connectivity index (χ3n) is 5.27. The van der Waals surface area contributed by atoms with Crippen LogP contribution in [0, 0.1) is 0 Å². The van der Waals surface area contributed by atoms with Crippen molar-refractivity contribution in [2.75, 3.05) is 52.2 Å². The first kappa shape index (κ1) is 21.6. The molecule has 9 heteroatoms. The van der Waals surface area contributed by atoms with E-state index in [2.05, 4.69) is 32.1 Å². The van der Waals surface area contributed by atoms with Crippen molar-refractivity contribution in [3.05, 3.63) is 0 Å². The van der Waals surface area contributed by atoms with Gasteiger partial charge in [0.05, 0.1) is 13.7 Å². The van der Waals surface area contributed by atoms with Crippen LogP contribution < -0.4 is 20.5 Å². The fourth-order valence-corrected chi connectivity index (χ4v) is 3.60. The summed E-state index contributed by atoms with van der Waals surface area (Å²) in [7, 11) is 1.61. The highest BCUT2D eigenvalue weighted by Gasteiger charge is 2.17. The Morgan fingerprint density at radius 1 is 1.03 bits per heavy atom. The van der Waals surface area contributed by atoms with Gasteiger partial charge in [0.1, 0.15) is 0 Å². The Morgan fingerprint density at radius 3 is 2.62 bits per heavy atom. The Bertz CT molecular complexity index is 759. The molecule has 0 aliphatic carbocycles. The number of fused-ring (bicyclic) bond motifs is 1. The highest BCUT2D eigenvalue weighted by Crippen LogP contribution is 2.25. The maximum atomic E-state index is 6.08. The topological polar surface area (TPSA) is 103 Å². The molecule has 0 aromatic carbocycles. The molecule has 0 spiro atoms. The molecule has 2 aromatic heterocycles. The number of methoxy groups -OCH3 is 1. The molecule has 0 saturated carbocycles. The average molecular weight is 406 g/mol. The molecule has 0 bridgehead atoms. The van der Waals surface area contributed by atoms with Gasteiger partial charge in [-0.2, -0.15) is 15.0 Å². The predicted octanol–water partition coefficient (Wildman–Crippen LogP) is 2.06. The summed E-state index contributed by atoms with van der Waals surface area (Å²) in [4.78, 5) is 15.7. The zero-order valence-electron chi connectivity index (χ0n) is 17.8. The van der Waals surface area contributed by atoms with Crippen LogP contribution in [0.3, 0.4) is 0 Å². The molecule has 162 valence electrons. The number of nitrogens with one attached hydrogen (secondary N) is 1. The van der Waals surface area contributed by atoms with Crippen LogP contribution in [-0.2, 0) is 6.54 Å². The van der Waals surface area contributed by atoms with Crippen LogP contribution in [0.4, 0.5) is 5.82 Å². The standard InChI is InChI=1S/C20H35N7O2/c1-3-4-15-29-19-24-17(21)16-18(25-19)27(20(23-16)28-2)13-6-5-9-22-10-14-26-11-7-8-12-26/h22H,3-15H2,1-2H3,(H2,21,24,25).